The summed E-state index contributed by atoms with van der Waals surface area (Å²) in [5.41, 5.74) is 0. The fraction of sp³-hybridized carbons (Fsp3) is 0.846. The Kier molecular flexibility index (Phi) is 3.82. The van der Waals surface area contributed by atoms with Crippen LogP contribution in [0.5, 0.6) is 0 Å². The van der Waals surface area contributed by atoms with Crippen LogP contribution < -0.4 is 0 Å². The first-order valence-corrected chi connectivity index (χ1v) is 6.59. The number of carbonyl (C=O) groups is 2. The second kappa shape index (κ2) is 5.17. The van der Waals surface area contributed by atoms with Crippen molar-refractivity contribution in [1.82, 2.24) is 4.90 Å². The quantitative estimate of drug-likeness (QED) is 0.756. The Labute approximate surface area is 102 Å². The largest absolute Gasteiger partial charge is 0.393 e. The van der Waals surface area contributed by atoms with Gasteiger partial charge in [0.05, 0.1) is 6.10 Å². The van der Waals surface area contributed by atoms with Crippen LogP contribution in [0, 0.1) is 11.8 Å². The van der Waals surface area contributed by atoms with Gasteiger partial charge in [-0.3, -0.25) is 14.5 Å². The Morgan fingerprint density at radius 2 is 1.88 bits per heavy atom. The van der Waals surface area contributed by atoms with Gasteiger partial charge in [-0.05, 0) is 31.1 Å². The van der Waals surface area contributed by atoms with Crippen molar-refractivity contribution in [2.45, 2.75) is 51.6 Å². The van der Waals surface area contributed by atoms with E-state index in [1.165, 1.54) is 4.90 Å². The summed E-state index contributed by atoms with van der Waals surface area (Å²) >= 11 is 0. The molecule has 4 heteroatoms. The molecule has 1 aliphatic carbocycles. The molecule has 0 aromatic carbocycles. The molecule has 1 saturated carbocycles. The van der Waals surface area contributed by atoms with Crippen LogP contribution >= 0.6 is 0 Å². The van der Waals surface area contributed by atoms with Gasteiger partial charge < -0.3 is 5.11 Å². The van der Waals surface area contributed by atoms with Crippen LogP contribution in [0.25, 0.3) is 0 Å². The van der Waals surface area contributed by atoms with Gasteiger partial charge >= 0.3 is 0 Å². The van der Waals surface area contributed by atoms with Crippen molar-refractivity contribution in [3.8, 4) is 0 Å². The maximum absolute atomic E-state index is 11.7. The number of aliphatic hydroxyl groups excluding tert-OH is 1. The van der Waals surface area contributed by atoms with Gasteiger partial charge in [0.15, 0.2) is 0 Å². The molecule has 0 radical (unpaired) electrons. The van der Waals surface area contributed by atoms with Gasteiger partial charge in [0.25, 0.3) is 0 Å². The van der Waals surface area contributed by atoms with Crippen LogP contribution in [-0.4, -0.2) is 34.5 Å². The monoisotopic (exact) mass is 239 g/mol. The summed E-state index contributed by atoms with van der Waals surface area (Å²) in [6.07, 6.45) is 4.44. The highest BCUT2D eigenvalue weighted by atomic mass is 16.3. The van der Waals surface area contributed by atoms with E-state index in [4.69, 9.17) is 0 Å². The number of amides is 2. The van der Waals surface area contributed by atoms with Gasteiger partial charge in [-0.25, -0.2) is 0 Å². The Balaban J connectivity index is 1.85. The molecule has 0 bridgehead atoms. The number of piperidine rings is 1. The van der Waals surface area contributed by atoms with Crippen molar-refractivity contribution in [1.29, 1.82) is 0 Å². The number of hydrogen-bond acceptors (Lipinski definition) is 3. The van der Waals surface area contributed by atoms with E-state index in [9.17, 15) is 14.7 Å². The number of aliphatic hydroxyl groups is 1. The lowest BCUT2D eigenvalue weighted by Gasteiger charge is -2.29. The van der Waals surface area contributed by atoms with E-state index in [1.807, 2.05) is 6.92 Å². The Hall–Kier alpha value is -0.900. The molecule has 96 valence electrons. The standard InChI is InChI=1S/C13H21NO3/c1-9-7-12(16)14(13(17)8-9)6-5-10-3-2-4-11(10)15/h9-11,15H,2-8H2,1H3. The summed E-state index contributed by atoms with van der Waals surface area (Å²) < 4.78 is 0. The van der Waals surface area contributed by atoms with E-state index in [-0.39, 0.29) is 29.8 Å². The summed E-state index contributed by atoms with van der Waals surface area (Å²) in [7, 11) is 0. The van der Waals surface area contributed by atoms with Gasteiger partial charge in [-0.15, -0.1) is 0 Å². The van der Waals surface area contributed by atoms with E-state index in [2.05, 4.69) is 0 Å². The van der Waals surface area contributed by atoms with E-state index in [0.717, 1.165) is 25.7 Å². The molecule has 2 rings (SSSR count). The summed E-state index contributed by atoms with van der Waals surface area (Å²) in [5.74, 6) is 0.376. The first-order valence-electron chi connectivity index (χ1n) is 6.59. The molecule has 4 nitrogen and oxygen atoms in total. The van der Waals surface area contributed by atoms with Gasteiger partial charge in [0, 0.05) is 19.4 Å². The zero-order valence-corrected chi connectivity index (χ0v) is 10.4. The molecule has 1 saturated heterocycles. The zero-order valence-electron chi connectivity index (χ0n) is 10.4. The van der Waals surface area contributed by atoms with E-state index in [0.29, 0.717) is 19.4 Å². The number of rotatable bonds is 3. The maximum Gasteiger partial charge on any atom is 0.229 e. The van der Waals surface area contributed by atoms with Gasteiger partial charge in [-0.2, -0.15) is 0 Å². The second-order valence-corrected chi connectivity index (χ2v) is 5.50. The third kappa shape index (κ3) is 2.86. The van der Waals surface area contributed by atoms with Crippen LogP contribution in [0.1, 0.15) is 45.4 Å². The fourth-order valence-electron chi connectivity index (χ4n) is 2.93. The normalized spacial score (nSPS) is 31.3. The number of likely N-dealkylation sites (tertiary alicyclic amines) is 1. The summed E-state index contributed by atoms with van der Waals surface area (Å²) in [6, 6.07) is 0. The van der Waals surface area contributed by atoms with E-state index < -0.39 is 0 Å². The third-order valence-corrected chi connectivity index (χ3v) is 3.99. The van der Waals surface area contributed by atoms with Crippen LogP contribution in [-0.2, 0) is 9.59 Å². The molecule has 0 aromatic rings. The smallest absolute Gasteiger partial charge is 0.229 e. The van der Waals surface area contributed by atoms with Crippen molar-refractivity contribution < 1.29 is 14.7 Å². The van der Waals surface area contributed by atoms with Crippen molar-refractivity contribution >= 4 is 11.8 Å². The minimum absolute atomic E-state index is 0.0405. The summed E-state index contributed by atoms with van der Waals surface area (Å²) in [5, 5.41) is 9.70. The SMILES string of the molecule is CC1CC(=O)N(CCC2CCCC2O)C(=O)C1. The molecule has 2 aliphatic rings. The molecule has 2 unspecified atom stereocenters. The molecular weight excluding hydrogens is 218 g/mol. The summed E-state index contributed by atoms with van der Waals surface area (Å²) in [4.78, 5) is 24.9. The van der Waals surface area contributed by atoms with E-state index >= 15 is 0 Å². The second-order valence-electron chi connectivity index (χ2n) is 5.50. The van der Waals surface area contributed by atoms with Crippen molar-refractivity contribution in [2.75, 3.05) is 6.54 Å². The van der Waals surface area contributed by atoms with Crippen LogP contribution in [0.2, 0.25) is 0 Å². The highest BCUT2D eigenvalue weighted by Gasteiger charge is 2.32. The van der Waals surface area contributed by atoms with Gasteiger partial charge in [-0.1, -0.05) is 13.3 Å². The zero-order chi connectivity index (χ0) is 12.4. The fourth-order valence-corrected chi connectivity index (χ4v) is 2.93. The van der Waals surface area contributed by atoms with E-state index in [1.54, 1.807) is 0 Å². The minimum Gasteiger partial charge on any atom is -0.393 e. The molecule has 2 fully saturated rings. The summed E-state index contributed by atoms with van der Waals surface area (Å²) in [6.45, 7) is 2.43. The highest BCUT2D eigenvalue weighted by molar-refractivity contribution is 5.97. The predicted molar refractivity (Wildman–Crippen MR) is 63.1 cm³/mol. The van der Waals surface area contributed by atoms with Crippen LogP contribution in [0.4, 0.5) is 0 Å². The average Bonchev–Trinajstić information content (AvgIpc) is 2.62. The first-order chi connectivity index (χ1) is 8.08. The molecular formula is C13H21NO3. The Bertz CT molecular complexity index is 298. The van der Waals surface area contributed by atoms with Crippen molar-refractivity contribution in [3.63, 3.8) is 0 Å². The average molecular weight is 239 g/mol. The molecule has 1 N–H and O–H groups in total. The molecule has 0 spiro atoms. The number of hydrogen-bond donors (Lipinski definition) is 1. The van der Waals surface area contributed by atoms with Crippen molar-refractivity contribution in [3.05, 3.63) is 0 Å². The van der Waals surface area contributed by atoms with Crippen LogP contribution in [0.15, 0.2) is 0 Å². The minimum atomic E-state index is -0.232. The number of nitrogens with zero attached hydrogens (tertiary/aromatic N) is 1. The lowest BCUT2D eigenvalue weighted by atomic mass is 9.96. The number of imide groups is 1. The van der Waals surface area contributed by atoms with Crippen molar-refractivity contribution in [2.24, 2.45) is 11.8 Å². The number of carbonyl (C=O) groups excluding carboxylic acids is 2. The Morgan fingerprint density at radius 3 is 2.41 bits per heavy atom. The molecule has 2 atom stereocenters. The molecule has 1 heterocycles. The lowest BCUT2D eigenvalue weighted by molar-refractivity contribution is -0.150. The van der Waals surface area contributed by atoms with Gasteiger partial charge in [0.1, 0.15) is 0 Å². The maximum atomic E-state index is 11.7. The first kappa shape index (κ1) is 12.6. The third-order valence-electron chi connectivity index (χ3n) is 3.99. The molecule has 1 aliphatic heterocycles. The molecule has 2 amide bonds. The van der Waals surface area contributed by atoms with Gasteiger partial charge in [0.2, 0.25) is 11.8 Å². The van der Waals surface area contributed by atoms with Crippen LogP contribution in [0.3, 0.4) is 0 Å². The predicted octanol–water partition coefficient (Wildman–Crippen LogP) is 1.32. The lowest BCUT2D eigenvalue weighted by Crippen LogP contribution is -2.43. The Morgan fingerprint density at radius 1 is 1.24 bits per heavy atom. The topological polar surface area (TPSA) is 57.6 Å². The highest BCUT2D eigenvalue weighted by Crippen LogP contribution is 2.29. The molecule has 17 heavy (non-hydrogen) atoms. The molecule has 0 aromatic heterocycles.